The zero-order valence-electron chi connectivity index (χ0n) is 8.29. The number of rotatable bonds is 1. The summed E-state index contributed by atoms with van der Waals surface area (Å²) >= 11 is 10.3. The van der Waals surface area contributed by atoms with Crippen molar-refractivity contribution in [1.29, 1.82) is 0 Å². The highest BCUT2D eigenvalue weighted by Crippen LogP contribution is 2.57. The van der Waals surface area contributed by atoms with Crippen LogP contribution in [0.4, 0.5) is 0 Å². The Balaban J connectivity index is 2.04. The Labute approximate surface area is 103 Å². The number of halogens is 2. The summed E-state index contributed by atoms with van der Waals surface area (Å²) in [5, 5.41) is 0. The number of benzene rings is 1. The molecule has 0 nitrogen and oxygen atoms in total. The van der Waals surface area contributed by atoms with E-state index in [1.54, 1.807) is 0 Å². The Kier molecular flexibility index (Phi) is 2.22. The Morgan fingerprint density at radius 2 is 1.60 bits per heavy atom. The van der Waals surface area contributed by atoms with Crippen molar-refractivity contribution in [3.05, 3.63) is 46.5 Å². The number of allylic oxidation sites excluding steroid dienone is 2. The molecule has 1 unspecified atom stereocenters. The second-order valence-corrected chi connectivity index (χ2v) is 5.99. The molecule has 0 aromatic heterocycles. The van der Waals surface area contributed by atoms with Crippen molar-refractivity contribution < 1.29 is 0 Å². The van der Waals surface area contributed by atoms with Crippen LogP contribution in [0.5, 0.6) is 0 Å². The summed E-state index contributed by atoms with van der Waals surface area (Å²) in [6.07, 6.45) is 7.06. The molecule has 2 bridgehead atoms. The van der Waals surface area contributed by atoms with Gasteiger partial charge in [0.25, 0.3) is 0 Å². The van der Waals surface area contributed by atoms with Crippen molar-refractivity contribution in [2.75, 3.05) is 0 Å². The Morgan fingerprint density at radius 3 is 2.07 bits per heavy atom. The van der Waals surface area contributed by atoms with Crippen LogP contribution in [0, 0.1) is 11.8 Å². The van der Waals surface area contributed by atoms with Crippen molar-refractivity contribution in [3.8, 4) is 0 Å². The molecule has 0 heterocycles. The molecule has 1 saturated carbocycles. The van der Waals surface area contributed by atoms with Gasteiger partial charge in [0, 0.05) is 16.3 Å². The van der Waals surface area contributed by atoms with Gasteiger partial charge in [-0.05, 0) is 30.5 Å². The number of fused-ring (bicyclic) bond motifs is 2. The van der Waals surface area contributed by atoms with E-state index >= 15 is 0 Å². The third-order valence-corrected chi connectivity index (χ3v) is 5.04. The summed E-state index contributed by atoms with van der Waals surface area (Å²) in [7, 11) is 0. The Hall–Kier alpha value is -0.270. The fourth-order valence-corrected chi connectivity index (χ4v) is 3.68. The predicted molar refractivity (Wildman–Crippen MR) is 67.0 cm³/mol. The van der Waals surface area contributed by atoms with E-state index in [1.165, 1.54) is 18.4 Å². The lowest BCUT2D eigenvalue weighted by Crippen LogP contribution is -2.24. The SMILES string of the molecule is ClC1(c2ccc(Br)cc2)[C@@H]2C=C[C@H]1CC2. The number of alkyl halides is 1. The fraction of sp³-hybridized carbons (Fsp3) is 0.385. The van der Waals surface area contributed by atoms with Crippen molar-refractivity contribution in [2.24, 2.45) is 11.8 Å². The largest absolute Gasteiger partial charge is 0.113 e. The molecule has 78 valence electrons. The summed E-state index contributed by atoms with van der Waals surface area (Å²) in [4.78, 5) is -0.152. The topological polar surface area (TPSA) is 0 Å². The summed E-state index contributed by atoms with van der Waals surface area (Å²) < 4.78 is 1.12. The molecule has 0 spiro atoms. The van der Waals surface area contributed by atoms with Crippen LogP contribution in [0.3, 0.4) is 0 Å². The van der Waals surface area contributed by atoms with Crippen LogP contribution in [-0.2, 0) is 4.87 Å². The van der Waals surface area contributed by atoms with Crippen molar-refractivity contribution >= 4 is 27.5 Å². The van der Waals surface area contributed by atoms with Crippen molar-refractivity contribution in [3.63, 3.8) is 0 Å². The summed E-state index contributed by atoms with van der Waals surface area (Å²) in [5.41, 5.74) is 1.27. The first kappa shape index (κ1) is 9.92. The normalized spacial score (nSPS) is 37.5. The molecule has 1 fully saturated rings. The first-order chi connectivity index (χ1) is 7.21. The molecule has 2 heteroatoms. The third-order valence-electron chi connectivity index (χ3n) is 3.73. The van der Waals surface area contributed by atoms with E-state index in [2.05, 4.69) is 52.3 Å². The molecule has 15 heavy (non-hydrogen) atoms. The van der Waals surface area contributed by atoms with Crippen LogP contribution in [0.1, 0.15) is 18.4 Å². The molecule has 0 saturated heterocycles. The highest BCUT2D eigenvalue weighted by Gasteiger charge is 2.51. The molecule has 3 rings (SSSR count). The highest BCUT2D eigenvalue weighted by atomic mass is 79.9. The van der Waals surface area contributed by atoms with Gasteiger partial charge in [-0.3, -0.25) is 0 Å². The first-order valence-corrected chi connectivity index (χ1v) is 6.51. The maximum atomic E-state index is 6.83. The van der Waals surface area contributed by atoms with Gasteiger partial charge in [-0.25, -0.2) is 0 Å². The summed E-state index contributed by atoms with van der Waals surface area (Å²) in [6, 6.07) is 8.46. The van der Waals surface area contributed by atoms with E-state index < -0.39 is 0 Å². The standard InChI is InChI=1S/C13H12BrCl/c14-12-7-5-11(6-8-12)13(15)9-1-2-10(13)4-3-9/h1-2,5-10H,3-4H2/t9-,10+,13?. The first-order valence-electron chi connectivity index (χ1n) is 5.34. The van der Waals surface area contributed by atoms with Crippen LogP contribution in [-0.4, -0.2) is 0 Å². The fourth-order valence-electron chi connectivity index (χ4n) is 2.93. The predicted octanol–water partition coefficient (Wildman–Crippen LogP) is 4.48. The average molecular weight is 284 g/mol. The maximum Gasteiger partial charge on any atom is 0.0819 e. The number of hydrogen-bond donors (Lipinski definition) is 0. The smallest absolute Gasteiger partial charge is 0.0819 e. The van der Waals surface area contributed by atoms with Crippen molar-refractivity contribution in [1.82, 2.24) is 0 Å². The van der Waals surface area contributed by atoms with Crippen LogP contribution in [0.15, 0.2) is 40.9 Å². The lowest BCUT2D eigenvalue weighted by Gasteiger charge is -2.28. The van der Waals surface area contributed by atoms with Crippen LogP contribution >= 0.6 is 27.5 Å². The Bertz CT molecular complexity index is 393. The van der Waals surface area contributed by atoms with E-state index in [9.17, 15) is 0 Å². The Morgan fingerprint density at radius 1 is 1.07 bits per heavy atom. The van der Waals surface area contributed by atoms with Gasteiger partial charge in [0.05, 0.1) is 4.87 Å². The minimum absolute atomic E-state index is 0.152. The molecule has 0 amide bonds. The average Bonchev–Trinajstić information content (AvgIpc) is 2.74. The summed E-state index contributed by atoms with van der Waals surface area (Å²) in [6.45, 7) is 0. The van der Waals surface area contributed by atoms with E-state index in [-0.39, 0.29) is 4.87 Å². The van der Waals surface area contributed by atoms with E-state index in [0.717, 1.165) is 4.47 Å². The lowest BCUT2D eigenvalue weighted by molar-refractivity contribution is 0.495. The zero-order chi connectivity index (χ0) is 10.5. The van der Waals surface area contributed by atoms with Gasteiger partial charge in [-0.15, -0.1) is 11.6 Å². The molecule has 1 aromatic carbocycles. The molecular weight excluding hydrogens is 272 g/mol. The number of hydrogen-bond acceptors (Lipinski definition) is 0. The molecule has 2 aliphatic carbocycles. The van der Waals surface area contributed by atoms with Crippen LogP contribution in [0.2, 0.25) is 0 Å². The van der Waals surface area contributed by atoms with Gasteiger partial charge in [-0.2, -0.15) is 0 Å². The summed E-state index contributed by atoms with van der Waals surface area (Å²) in [5.74, 6) is 1.07. The molecule has 0 N–H and O–H groups in total. The van der Waals surface area contributed by atoms with Crippen LogP contribution < -0.4 is 0 Å². The molecular formula is C13H12BrCl. The van der Waals surface area contributed by atoms with E-state index in [0.29, 0.717) is 11.8 Å². The third kappa shape index (κ3) is 1.33. The molecule has 3 atom stereocenters. The molecule has 0 radical (unpaired) electrons. The monoisotopic (exact) mass is 282 g/mol. The molecule has 1 aromatic rings. The van der Waals surface area contributed by atoms with E-state index in [1.807, 2.05) is 0 Å². The van der Waals surface area contributed by atoms with Gasteiger partial charge >= 0.3 is 0 Å². The highest BCUT2D eigenvalue weighted by molar-refractivity contribution is 9.10. The minimum atomic E-state index is -0.152. The zero-order valence-corrected chi connectivity index (χ0v) is 10.6. The minimum Gasteiger partial charge on any atom is -0.113 e. The maximum absolute atomic E-state index is 6.83. The van der Waals surface area contributed by atoms with Crippen LogP contribution in [0.25, 0.3) is 0 Å². The molecule has 0 aliphatic heterocycles. The van der Waals surface area contributed by atoms with Gasteiger partial charge < -0.3 is 0 Å². The second-order valence-electron chi connectivity index (χ2n) is 4.45. The molecule has 2 aliphatic rings. The quantitative estimate of drug-likeness (QED) is 0.526. The van der Waals surface area contributed by atoms with Gasteiger partial charge in [0.1, 0.15) is 0 Å². The lowest BCUT2D eigenvalue weighted by atomic mass is 9.87. The second kappa shape index (κ2) is 3.36. The van der Waals surface area contributed by atoms with E-state index in [4.69, 9.17) is 11.6 Å². The van der Waals surface area contributed by atoms with Gasteiger partial charge in [0.2, 0.25) is 0 Å². The van der Waals surface area contributed by atoms with Gasteiger partial charge in [-0.1, -0.05) is 40.2 Å². The van der Waals surface area contributed by atoms with Gasteiger partial charge in [0.15, 0.2) is 0 Å². The van der Waals surface area contributed by atoms with Crippen molar-refractivity contribution in [2.45, 2.75) is 17.7 Å².